The Morgan fingerprint density at radius 2 is 1.90 bits per heavy atom. The molecule has 1 atom stereocenters. The Labute approximate surface area is 121 Å². The second-order valence-electron chi connectivity index (χ2n) is 6.31. The van der Waals surface area contributed by atoms with Gasteiger partial charge in [-0.3, -0.25) is 16.2 Å². The summed E-state index contributed by atoms with van der Waals surface area (Å²) < 4.78 is 13.5. The van der Waals surface area contributed by atoms with E-state index in [0.717, 1.165) is 18.7 Å². The summed E-state index contributed by atoms with van der Waals surface area (Å²) in [5, 5.41) is 0. The highest BCUT2D eigenvalue weighted by molar-refractivity contribution is 5.28. The zero-order valence-electron chi connectivity index (χ0n) is 12.7. The molecule has 1 aromatic carbocycles. The van der Waals surface area contributed by atoms with E-state index in [4.69, 9.17) is 5.84 Å². The summed E-state index contributed by atoms with van der Waals surface area (Å²) in [5.74, 6) is 5.65. The van der Waals surface area contributed by atoms with Crippen molar-refractivity contribution < 1.29 is 4.39 Å². The average Bonchev–Trinajstić information content (AvgIpc) is 2.44. The van der Waals surface area contributed by atoms with E-state index < -0.39 is 0 Å². The number of hydrogen-bond acceptors (Lipinski definition) is 3. The molecule has 0 saturated carbocycles. The van der Waals surface area contributed by atoms with Crippen LogP contribution in [-0.2, 0) is 0 Å². The molecule has 1 aliphatic heterocycles. The SMILES string of the molecule is Cc1cc(C(NN)C(C)(C)N2CCCCC2)ccc1F. The molecule has 3 nitrogen and oxygen atoms in total. The summed E-state index contributed by atoms with van der Waals surface area (Å²) in [6.45, 7) is 8.42. The van der Waals surface area contributed by atoms with Crippen LogP contribution in [0.2, 0.25) is 0 Å². The van der Waals surface area contributed by atoms with Crippen LogP contribution in [0.5, 0.6) is 0 Å². The second kappa shape index (κ2) is 6.20. The van der Waals surface area contributed by atoms with Gasteiger partial charge in [-0.15, -0.1) is 0 Å². The molecule has 1 saturated heterocycles. The Morgan fingerprint density at radius 3 is 2.45 bits per heavy atom. The van der Waals surface area contributed by atoms with Crippen molar-refractivity contribution in [3.63, 3.8) is 0 Å². The monoisotopic (exact) mass is 279 g/mol. The number of benzene rings is 1. The number of piperidine rings is 1. The fourth-order valence-electron chi connectivity index (χ4n) is 3.21. The maximum Gasteiger partial charge on any atom is 0.126 e. The molecule has 0 aromatic heterocycles. The van der Waals surface area contributed by atoms with E-state index >= 15 is 0 Å². The quantitative estimate of drug-likeness (QED) is 0.658. The molecule has 1 aliphatic rings. The third-order valence-electron chi connectivity index (χ3n) is 4.56. The number of nitrogens with one attached hydrogen (secondary N) is 1. The summed E-state index contributed by atoms with van der Waals surface area (Å²) in [4.78, 5) is 2.49. The first-order valence-corrected chi connectivity index (χ1v) is 7.44. The first-order chi connectivity index (χ1) is 9.46. The summed E-state index contributed by atoms with van der Waals surface area (Å²) in [7, 11) is 0. The Bertz CT molecular complexity index is 453. The van der Waals surface area contributed by atoms with Gasteiger partial charge in [-0.2, -0.15) is 0 Å². The van der Waals surface area contributed by atoms with Gasteiger partial charge in [0.2, 0.25) is 0 Å². The molecule has 1 heterocycles. The predicted octanol–water partition coefficient (Wildman–Crippen LogP) is 2.90. The van der Waals surface area contributed by atoms with Gasteiger partial charge in [0.1, 0.15) is 5.82 Å². The van der Waals surface area contributed by atoms with Crippen LogP contribution in [-0.4, -0.2) is 23.5 Å². The zero-order valence-corrected chi connectivity index (χ0v) is 12.7. The van der Waals surface area contributed by atoms with Crippen molar-refractivity contribution in [1.29, 1.82) is 0 Å². The van der Waals surface area contributed by atoms with Crippen LogP contribution in [0, 0.1) is 12.7 Å². The van der Waals surface area contributed by atoms with Crippen molar-refractivity contribution in [2.24, 2.45) is 5.84 Å². The van der Waals surface area contributed by atoms with Gasteiger partial charge in [0.05, 0.1) is 6.04 Å². The molecule has 0 spiro atoms. The first kappa shape index (κ1) is 15.4. The second-order valence-corrected chi connectivity index (χ2v) is 6.31. The van der Waals surface area contributed by atoms with Crippen LogP contribution in [0.15, 0.2) is 18.2 Å². The van der Waals surface area contributed by atoms with Gasteiger partial charge in [-0.05, 0) is 63.9 Å². The molecular weight excluding hydrogens is 253 g/mol. The Balaban J connectivity index is 2.27. The molecule has 0 aliphatic carbocycles. The van der Waals surface area contributed by atoms with Gasteiger partial charge < -0.3 is 0 Å². The lowest BCUT2D eigenvalue weighted by molar-refractivity contribution is 0.0607. The van der Waals surface area contributed by atoms with Crippen LogP contribution >= 0.6 is 0 Å². The van der Waals surface area contributed by atoms with Gasteiger partial charge in [0.15, 0.2) is 0 Å². The van der Waals surface area contributed by atoms with E-state index in [0.29, 0.717) is 5.56 Å². The number of nitrogens with two attached hydrogens (primary N) is 1. The van der Waals surface area contributed by atoms with Crippen LogP contribution in [0.1, 0.15) is 50.3 Å². The predicted molar refractivity (Wildman–Crippen MR) is 80.7 cm³/mol. The molecule has 20 heavy (non-hydrogen) atoms. The summed E-state index contributed by atoms with van der Waals surface area (Å²) in [6, 6.07) is 5.24. The van der Waals surface area contributed by atoms with E-state index in [-0.39, 0.29) is 17.4 Å². The maximum atomic E-state index is 13.5. The lowest BCUT2D eigenvalue weighted by Gasteiger charge is -2.46. The van der Waals surface area contributed by atoms with Gasteiger partial charge in [-0.1, -0.05) is 18.6 Å². The molecule has 2 rings (SSSR count). The third-order valence-corrected chi connectivity index (χ3v) is 4.56. The van der Waals surface area contributed by atoms with Crippen LogP contribution in [0.3, 0.4) is 0 Å². The highest BCUT2D eigenvalue weighted by Crippen LogP contribution is 2.33. The summed E-state index contributed by atoms with van der Waals surface area (Å²) >= 11 is 0. The number of aryl methyl sites for hydroxylation is 1. The fraction of sp³-hybridized carbons (Fsp3) is 0.625. The van der Waals surface area contributed by atoms with Gasteiger partial charge >= 0.3 is 0 Å². The average molecular weight is 279 g/mol. The number of nitrogens with zero attached hydrogens (tertiary/aromatic N) is 1. The van der Waals surface area contributed by atoms with Gasteiger partial charge in [-0.25, -0.2) is 4.39 Å². The first-order valence-electron chi connectivity index (χ1n) is 7.44. The molecule has 0 radical (unpaired) electrons. The largest absolute Gasteiger partial charge is 0.296 e. The molecule has 1 aromatic rings. The van der Waals surface area contributed by atoms with E-state index in [1.165, 1.54) is 25.3 Å². The van der Waals surface area contributed by atoms with Crippen molar-refractivity contribution in [3.8, 4) is 0 Å². The van der Waals surface area contributed by atoms with Crippen molar-refractivity contribution in [3.05, 3.63) is 35.1 Å². The number of likely N-dealkylation sites (tertiary alicyclic amines) is 1. The van der Waals surface area contributed by atoms with E-state index in [1.54, 1.807) is 6.92 Å². The minimum Gasteiger partial charge on any atom is -0.296 e. The van der Waals surface area contributed by atoms with E-state index in [2.05, 4.69) is 24.2 Å². The van der Waals surface area contributed by atoms with E-state index in [9.17, 15) is 4.39 Å². The third kappa shape index (κ3) is 3.03. The van der Waals surface area contributed by atoms with Crippen molar-refractivity contribution >= 4 is 0 Å². The van der Waals surface area contributed by atoms with Crippen molar-refractivity contribution in [1.82, 2.24) is 10.3 Å². The highest BCUT2D eigenvalue weighted by atomic mass is 19.1. The Hall–Kier alpha value is -0.970. The number of rotatable bonds is 4. The molecule has 4 heteroatoms. The summed E-state index contributed by atoms with van der Waals surface area (Å²) in [6.07, 6.45) is 3.79. The maximum absolute atomic E-state index is 13.5. The molecular formula is C16H26FN3. The van der Waals surface area contributed by atoms with Crippen LogP contribution in [0.4, 0.5) is 4.39 Å². The van der Waals surface area contributed by atoms with Crippen molar-refractivity contribution in [2.45, 2.75) is 51.6 Å². The minimum atomic E-state index is -0.166. The molecule has 1 unspecified atom stereocenters. The molecule has 0 bridgehead atoms. The standard InChI is InChI=1S/C16H26FN3/c1-12-11-13(7-8-14(12)17)15(19-18)16(2,3)20-9-5-4-6-10-20/h7-8,11,15,19H,4-6,9-10,18H2,1-3H3. The lowest BCUT2D eigenvalue weighted by atomic mass is 9.85. The molecule has 112 valence electrons. The van der Waals surface area contributed by atoms with Crippen LogP contribution < -0.4 is 11.3 Å². The normalized spacial score (nSPS) is 19.1. The van der Waals surface area contributed by atoms with Gasteiger partial charge in [0, 0.05) is 5.54 Å². The highest BCUT2D eigenvalue weighted by Gasteiger charge is 2.36. The molecule has 3 N–H and O–H groups in total. The van der Waals surface area contributed by atoms with Crippen LogP contribution in [0.25, 0.3) is 0 Å². The fourth-order valence-corrected chi connectivity index (χ4v) is 3.21. The zero-order chi connectivity index (χ0) is 14.8. The smallest absolute Gasteiger partial charge is 0.126 e. The van der Waals surface area contributed by atoms with Crippen molar-refractivity contribution in [2.75, 3.05) is 13.1 Å². The molecule has 1 fully saturated rings. The molecule has 0 amide bonds. The minimum absolute atomic E-state index is 0.0140. The number of hydrogen-bond donors (Lipinski definition) is 2. The number of hydrazine groups is 1. The number of halogens is 1. The van der Waals surface area contributed by atoms with Gasteiger partial charge in [0.25, 0.3) is 0 Å². The van der Waals surface area contributed by atoms with E-state index in [1.807, 2.05) is 12.1 Å². The lowest BCUT2D eigenvalue weighted by Crippen LogP contribution is -2.55. The Kier molecular flexibility index (Phi) is 4.78. The Morgan fingerprint density at radius 1 is 1.25 bits per heavy atom. The summed E-state index contributed by atoms with van der Waals surface area (Å²) in [5.41, 5.74) is 4.55. The topological polar surface area (TPSA) is 41.3 Å².